The van der Waals surface area contributed by atoms with Crippen LogP contribution < -0.4 is 14.2 Å². The molecule has 1 heterocycles. The Bertz CT molecular complexity index is 1250. The second kappa shape index (κ2) is 12.3. The fourth-order valence-electron chi connectivity index (χ4n) is 5.44. The first-order chi connectivity index (χ1) is 18.4. The lowest BCUT2D eigenvalue weighted by Gasteiger charge is -2.38. The van der Waals surface area contributed by atoms with E-state index >= 15 is 0 Å². The van der Waals surface area contributed by atoms with Gasteiger partial charge in [-0.2, -0.15) is 0 Å². The molecule has 8 heteroatoms. The highest BCUT2D eigenvalue weighted by Crippen LogP contribution is 2.48. The number of fused-ring (bicyclic) bond motifs is 1. The van der Waals surface area contributed by atoms with Gasteiger partial charge in [-0.1, -0.05) is 24.3 Å². The van der Waals surface area contributed by atoms with Crippen molar-refractivity contribution in [2.75, 3.05) is 41.2 Å². The van der Waals surface area contributed by atoms with E-state index in [9.17, 15) is 9.59 Å². The van der Waals surface area contributed by atoms with Crippen LogP contribution in [0.2, 0.25) is 0 Å². The molecule has 0 N–H and O–H groups in total. The summed E-state index contributed by atoms with van der Waals surface area (Å²) in [7, 11) is 4.74. The summed E-state index contributed by atoms with van der Waals surface area (Å²) in [6.45, 7) is 4.56. The van der Waals surface area contributed by atoms with Gasteiger partial charge in [0.05, 0.1) is 38.9 Å². The number of allylic oxidation sites excluding steroid dienone is 1. The number of aliphatic imine (C=N–C) groups is 1. The van der Waals surface area contributed by atoms with Crippen LogP contribution in [0.15, 0.2) is 58.7 Å². The molecule has 0 radical (unpaired) electrons. The Morgan fingerprint density at radius 3 is 2.42 bits per heavy atom. The first kappa shape index (κ1) is 27.4. The number of benzene rings is 2. The molecule has 0 bridgehead atoms. The number of Topliss-reactive ketones (excluding diaryl/α,β-unsaturated/α-hetero) is 1. The number of nitrogens with zero attached hydrogens (tertiary/aromatic N) is 1. The van der Waals surface area contributed by atoms with Crippen LogP contribution in [0.3, 0.4) is 0 Å². The lowest BCUT2D eigenvalue weighted by molar-refractivity contribution is -0.140. The van der Waals surface area contributed by atoms with Crippen molar-refractivity contribution in [3.63, 3.8) is 0 Å². The summed E-state index contributed by atoms with van der Waals surface area (Å²) in [6, 6.07) is 13.3. The van der Waals surface area contributed by atoms with Gasteiger partial charge in [0.25, 0.3) is 0 Å². The molecule has 1 saturated carbocycles. The summed E-state index contributed by atoms with van der Waals surface area (Å²) in [6.07, 6.45) is 0.903. The first-order valence-electron chi connectivity index (χ1n) is 12.8. The molecular weight excluding hydrogens is 486 g/mol. The van der Waals surface area contributed by atoms with E-state index in [-0.39, 0.29) is 24.9 Å². The quantitative estimate of drug-likeness (QED) is 0.325. The zero-order valence-electron chi connectivity index (χ0n) is 22.6. The van der Waals surface area contributed by atoms with E-state index < -0.39 is 17.8 Å². The SMILES string of the molecule is CCOc1ccccc1[C@@H]1C(C(=O)OCCOC)=C(C)N=C2C[C@H](c3ccc(OC)c(OC)c3)CC(=O)C21. The van der Waals surface area contributed by atoms with E-state index in [1.165, 1.54) is 0 Å². The number of hydrogen-bond donors (Lipinski definition) is 0. The molecule has 4 rings (SSSR count). The fraction of sp³-hybridized carbons (Fsp3) is 0.433. The highest BCUT2D eigenvalue weighted by molar-refractivity contribution is 6.12. The Kier molecular flexibility index (Phi) is 8.84. The molecule has 2 aromatic carbocycles. The molecule has 0 spiro atoms. The molecule has 0 amide bonds. The third-order valence-electron chi connectivity index (χ3n) is 7.13. The summed E-state index contributed by atoms with van der Waals surface area (Å²) in [4.78, 5) is 32.1. The Balaban J connectivity index is 1.77. The number of ether oxygens (including phenoxy) is 5. The molecule has 3 atom stereocenters. The predicted molar refractivity (Wildman–Crippen MR) is 143 cm³/mol. The summed E-state index contributed by atoms with van der Waals surface area (Å²) >= 11 is 0. The molecule has 1 aliphatic carbocycles. The fourth-order valence-corrected chi connectivity index (χ4v) is 5.44. The molecule has 38 heavy (non-hydrogen) atoms. The minimum Gasteiger partial charge on any atom is -0.494 e. The molecule has 0 saturated heterocycles. The van der Waals surface area contributed by atoms with Crippen LogP contribution in [0.4, 0.5) is 0 Å². The second-order valence-corrected chi connectivity index (χ2v) is 9.34. The Hall–Kier alpha value is -3.65. The van der Waals surface area contributed by atoms with Gasteiger partial charge < -0.3 is 23.7 Å². The van der Waals surface area contributed by atoms with Crippen molar-refractivity contribution >= 4 is 17.5 Å². The van der Waals surface area contributed by atoms with Crippen LogP contribution in [0.5, 0.6) is 17.2 Å². The summed E-state index contributed by atoms with van der Waals surface area (Å²) in [5.74, 6) is 0.226. The summed E-state index contributed by atoms with van der Waals surface area (Å²) in [5.41, 5.74) is 3.47. The lowest BCUT2D eigenvalue weighted by Crippen LogP contribution is -2.41. The molecular formula is C30H35NO7. The van der Waals surface area contributed by atoms with E-state index in [0.717, 1.165) is 16.8 Å². The van der Waals surface area contributed by atoms with Gasteiger partial charge in [-0.25, -0.2) is 4.79 Å². The smallest absolute Gasteiger partial charge is 0.336 e. The van der Waals surface area contributed by atoms with Gasteiger partial charge in [0, 0.05) is 36.4 Å². The molecule has 2 aliphatic rings. The molecule has 2 aromatic rings. The Morgan fingerprint density at radius 2 is 1.71 bits per heavy atom. The van der Waals surface area contributed by atoms with Gasteiger partial charge in [-0.15, -0.1) is 0 Å². The van der Waals surface area contributed by atoms with Crippen molar-refractivity contribution in [2.45, 2.75) is 38.5 Å². The van der Waals surface area contributed by atoms with Gasteiger partial charge in [0.1, 0.15) is 18.1 Å². The first-order valence-corrected chi connectivity index (χ1v) is 12.8. The largest absolute Gasteiger partial charge is 0.494 e. The Morgan fingerprint density at radius 1 is 0.947 bits per heavy atom. The highest BCUT2D eigenvalue weighted by atomic mass is 16.6. The molecule has 1 unspecified atom stereocenters. The van der Waals surface area contributed by atoms with E-state index in [1.54, 1.807) is 28.3 Å². The van der Waals surface area contributed by atoms with E-state index in [2.05, 4.69) is 0 Å². The van der Waals surface area contributed by atoms with Crippen molar-refractivity contribution in [1.29, 1.82) is 0 Å². The monoisotopic (exact) mass is 521 g/mol. The van der Waals surface area contributed by atoms with Gasteiger partial charge in [-0.3, -0.25) is 9.79 Å². The highest BCUT2D eigenvalue weighted by Gasteiger charge is 2.47. The van der Waals surface area contributed by atoms with Gasteiger partial charge in [0.15, 0.2) is 11.5 Å². The standard InChI is InChI=1S/C30H35NO7/c1-6-37-24-10-8-7-9-21(24)28-27(30(33)38-14-13-34-3)18(2)31-22-15-20(16-23(32)29(22)28)19-11-12-25(35-4)26(17-19)36-5/h7-12,17,20,28-29H,6,13-16H2,1-5H3/t20-,28+,29?/m0/s1. The van der Waals surface area contributed by atoms with Crippen LogP contribution in [0.25, 0.3) is 0 Å². The van der Waals surface area contributed by atoms with E-state index in [4.69, 9.17) is 28.7 Å². The topological polar surface area (TPSA) is 92.7 Å². The van der Waals surface area contributed by atoms with Crippen LogP contribution in [0.1, 0.15) is 49.7 Å². The minimum atomic E-state index is -0.582. The van der Waals surface area contributed by atoms with Crippen molar-refractivity contribution in [3.8, 4) is 17.2 Å². The zero-order valence-corrected chi connectivity index (χ0v) is 22.6. The number of carbonyl (C=O) groups excluding carboxylic acids is 2. The summed E-state index contributed by atoms with van der Waals surface area (Å²) < 4.78 is 27.4. The number of methoxy groups -OCH3 is 3. The summed E-state index contributed by atoms with van der Waals surface area (Å²) in [5, 5.41) is 0. The average Bonchev–Trinajstić information content (AvgIpc) is 2.92. The maximum absolute atomic E-state index is 13.9. The predicted octanol–water partition coefficient (Wildman–Crippen LogP) is 4.87. The van der Waals surface area contributed by atoms with Gasteiger partial charge in [0.2, 0.25) is 0 Å². The maximum Gasteiger partial charge on any atom is 0.336 e. The minimum absolute atomic E-state index is 0.0285. The normalized spacial score (nSPS) is 20.9. The number of rotatable bonds is 10. The molecule has 202 valence electrons. The lowest BCUT2D eigenvalue weighted by atomic mass is 9.66. The molecule has 1 aliphatic heterocycles. The third-order valence-corrected chi connectivity index (χ3v) is 7.13. The van der Waals surface area contributed by atoms with Gasteiger partial charge in [-0.05, 0) is 49.9 Å². The maximum atomic E-state index is 13.9. The number of carbonyl (C=O) groups is 2. The number of hydrogen-bond acceptors (Lipinski definition) is 8. The number of ketones is 1. The van der Waals surface area contributed by atoms with Crippen LogP contribution in [0, 0.1) is 5.92 Å². The van der Waals surface area contributed by atoms with Gasteiger partial charge >= 0.3 is 5.97 Å². The number of esters is 1. The van der Waals surface area contributed by atoms with E-state index in [1.807, 2.05) is 49.4 Å². The van der Waals surface area contributed by atoms with Crippen LogP contribution >= 0.6 is 0 Å². The van der Waals surface area contributed by atoms with E-state index in [0.29, 0.717) is 48.0 Å². The molecule has 0 aromatic heterocycles. The molecule has 1 fully saturated rings. The average molecular weight is 522 g/mol. The molecule has 8 nitrogen and oxygen atoms in total. The van der Waals surface area contributed by atoms with Crippen molar-refractivity contribution in [2.24, 2.45) is 10.9 Å². The van der Waals surface area contributed by atoms with Crippen LogP contribution in [-0.4, -0.2) is 58.6 Å². The second-order valence-electron chi connectivity index (χ2n) is 9.34. The van der Waals surface area contributed by atoms with Crippen molar-refractivity contribution < 1.29 is 33.3 Å². The Labute approximate surface area is 223 Å². The third kappa shape index (κ3) is 5.45. The number of para-hydroxylation sites is 1. The zero-order chi connectivity index (χ0) is 27.2. The van der Waals surface area contributed by atoms with Crippen molar-refractivity contribution in [1.82, 2.24) is 0 Å². The van der Waals surface area contributed by atoms with Crippen molar-refractivity contribution in [3.05, 3.63) is 64.9 Å². The van der Waals surface area contributed by atoms with Crippen LogP contribution in [-0.2, 0) is 19.1 Å².